The monoisotopic (exact) mass is 540 g/mol. The Labute approximate surface area is 206 Å². The molecule has 0 radical (unpaired) electrons. The maximum atomic E-state index is 12.8. The van der Waals surface area contributed by atoms with Gasteiger partial charge in [-0.1, -0.05) is 34.4 Å². The van der Waals surface area contributed by atoms with E-state index in [0.717, 1.165) is 5.56 Å². The van der Waals surface area contributed by atoms with Crippen LogP contribution in [0.15, 0.2) is 80.7 Å². The molecule has 0 N–H and O–H groups in total. The first-order valence-corrected chi connectivity index (χ1v) is 14.9. The van der Waals surface area contributed by atoms with Gasteiger partial charge in [0.1, 0.15) is 6.61 Å². The summed E-state index contributed by atoms with van der Waals surface area (Å²) in [7, 11) is -8.32. The highest BCUT2D eigenvalue weighted by molar-refractivity contribution is 8.00. The van der Waals surface area contributed by atoms with E-state index in [1.165, 1.54) is 53.1 Å². The Hall–Kier alpha value is -2.38. The fourth-order valence-electron chi connectivity index (χ4n) is 3.16. The maximum Gasteiger partial charge on any atom is 0.287 e. The quantitative estimate of drug-likeness (QED) is 0.452. The zero-order valence-corrected chi connectivity index (χ0v) is 21.0. The first kappa shape index (κ1) is 24.7. The van der Waals surface area contributed by atoms with Crippen molar-refractivity contribution in [2.45, 2.75) is 16.4 Å². The first-order chi connectivity index (χ1) is 16.2. The SMILES string of the molecule is O=S(=O)(N=S1CCN(S(=O)(=O)c2ccc(Cl)cc2)CC1)c1ccc(COc2cnccn2)cc1. The van der Waals surface area contributed by atoms with Crippen LogP contribution in [0.2, 0.25) is 5.02 Å². The van der Waals surface area contributed by atoms with Gasteiger partial charge in [0.15, 0.2) is 0 Å². The molecule has 3 aromatic rings. The summed E-state index contributed by atoms with van der Waals surface area (Å²) in [5, 5.41) is 0.453. The summed E-state index contributed by atoms with van der Waals surface area (Å²) in [5.41, 5.74) is 0.771. The molecular weight excluding hydrogens is 520 g/mol. The van der Waals surface area contributed by atoms with Gasteiger partial charge in [-0.2, -0.15) is 12.7 Å². The van der Waals surface area contributed by atoms with Crippen LogP contribution in [0.5, 0.6) is 5.88 Å². The lowest BCUT2D eigenvalue weighted by molar-refractivity contribution is 0.292. The number of nitrogens with zero attached hydrogens (tertiary/aromatic N) is 4. The number of ether oxygens (including phenoxy) is 1. The second-order valence-corrected chi connectivity index (χ2v) is 13.4. The standard InChI is InChI=1S/C21H21ClN4O5S3/c22-18-3-7-20(8-4-18)34(29,30)26-11-13-32(14-12-26)25-33(27,28)19-5-1-17(2-6-19)16-31-21-15-23-9-10-24-21/h1-10,15H,11-14,16H2. The van der Waals surface area contributed by atoms with Gasteiger partial charge < -0.3 is 4.74 Å². The van der Waals surface area contributed by atoms with Crippen molar-refractivity contribution in [2.24, 2.45) is 3.77 Å². The van der Waals surface area contributed by atoms with Crippen LogP contribution >= 0.6 is 11.6 Å². The number of aromatic nitrogens is 2. The van der Waals surface area contributed by atoms with Gasteiger partial charge in [-0.15, -0.1) is 3.77 Å². The van der Waals surface area contributed by atoms with Crippen molar-refractivity contribution in [3.8, 4) is 5.88 Å². The second-order valence-electron chi connectivity index (χ2n) is 7.25. The molecule has 2 aromatic carbocycles. The molecular formula is C21H21ClN4O5S3. The van der Waals surface area contributed by atoms with Crippen LogP contribution in [0.3, 0.4) is 0 Å². The number of rotatable bonds is 7. The summed E-state index contributed by atoms with van der Waals surface area (Å²) in [6, 6.07) is 12.3. The summed E-state index contributed by atoms with van der Waals surface area (Å²) in [6.45, 7) is 0.621. The van der Waals surface area contributed by atoms with E-state index in [1.807, 2.05) is 0 Å². The van der Waals surface area contributed by atoms with Crippen molar-refractivity contribution in [3.63, 3.8) is 0 Å². The van der Waals surface area contributed by atoms with Crippen molar-refractivity contribution in [3.05, 3.63) is 77.7 Å². The Morgan fingerprint density at radius 1 is 0.941 bits per heavy atom. The lowest BCUT2D eigenvalue weighted by Gasteiger charge is -2.27. The Morgan fingerprint density at radius 2 is 1.59 bits per heavy atom. The molecule has 0 atom stereocenters. The van der Waals surface area contributed by atoms with Crippen LogP contribution in [0.4, 0.5) is 0 Å². The van der Waals surface area contributed by atoms with Crippen LogP contribution in [0, 0.1) is 0 Å². The van der Waals surface area contributed by atoms with E-state index in [0.29, 0.717) is 22.4 Å². The molecule has 1 aromatic heterocycles. The number of sulfonamides is 2. The van der Waals surface area contributed by atoms with E-state index in [4.69, 9.17) is 16.3 Å². The summed E-state index contributed by atoms with van der Waals surface area (Å²) in [6.07, 6.45) is 4.55. The molecule has 34 heavy (non-hydrogen) atoms. The van der Waals surface area contributed by atoms with Crippen molar-refractivity contribution in [1.82, 2.24) is 14.3 Å². The van der Waals surface area contributed by atoms with Gasteiger partial charge in [-0.05, 0) is 42.0 Å². The van der Waals surface area contributed by atoms with Gasteiger partial charge in [0.25, 0.3) is 10.0 Å². The van der Waals surface area contributed by atoms with Crippen LogP contribution in [-0.4, -0.2) is 55.7 Å². The van der Waals surface area contributed by atoms with Crippen LogP contribution < -0.4 is 4.74 Å². The van der Waals surface area contributed by atoms with Crippen molar-refractivity contribution in [2.75, 3.05) is 24.6 Å². The fourth-order valence-corrected chi connectivity index (χ4v) is 8.55. The van der Waals surface area contributed by atoms with Crippen LogP contribution in [0.25, 0.3) is 0 Å². The molecule has 0 saturated carbocycles. The summed E-state index contributed by atoms with van der Waals surface area (Å²) in [5.74, 6) is 1.06. The predicted octanol–water partition coefficient (Wildman–Crippen LogP) is 2.90. The van der Waals surface area contributed by atoms with E-state index in [-0.39, 0.29) is 29.5 Å². The van der Waals surface area contributed by atoms with Crippen molar-refractivity contribution in [1.29, 1.82) is 0 Å². The molecule has 13 heteroatoms. The third kappa shape index (κ3) is 5.99. The molecule has 4 rings (SSSR count). The van der Waals surface area contributed by atoms with Crippen LogP contribution in [0.1, 0.15) is 5.56 Å². The minimum Gasteiger partial charge on any atom is -0.472 e. The zero-order chi connectivity index (χ0) is 24.2. The van der Waals surface area contributed by atoms with Gasteiger partial charge in [-0.3, -0.25) is 4.98 Å². The normalized spacial score (nSPS) is 15.7. The molecule has 1 fully saturated rings. The van der Waals surface area contributed by atoms with E-state index in [9.17, 15) is 16.8 Å². The minimum absolute atomic E-state index is 0.0828. The second kappa shape index (κ2) is 10.5. The molecule has 0 unspecified atom stereocenters. The van der Waals surface area contributed by atoms with E-state index in [1.54, 1.807) is 18.3 Å². The third-order valence-corrected chi connectivity index (χ3v) is 10.9. The number of benzene rings is 2. The zero-order valence-electron chi connectivity index (χ0n) is 17.8. The molecule has 0 spiro atoms. The van der Waals surface area contributed by atoms with Gasteiger partial charge in [-0.25, -0.2) is 13.4 Å². The smallest absolute Gasteiger partial charge is 0.287 e. The highest BCUT2D eigenvalue weighted by Gasteiger charge is 2.28. The molecule has 0 amide bonds. The molecule has 0 bridgehead atoms. The van der Waals surface area contributed by atoms with Gasteiger partial charge in [0.05, 0.1) is 16.0 Å². The highest BCUT2D eigenvalue weighted by atomic mass is 35.5. The predicted molar refractivity (Wildman–Crippen MR) is 130 cm³/mol. The molecule has 180 valence electrons. The maximum absolute atomic E-state index is 12.8. The molecule has 0 aliphatic carbocycles. The lowest BCUT2D eigenvalue weighted by Crippen LogP contribution is -2.41. The summed E-state index contributed by atoms with van der Waals surface area (Å²) >= 11 is 5.84. The molecule has 1 saturated heterocycles. The third-order valence-electron chi connectivity index (χ3n) is 4.95. The van der Waals surface area contributed by atoms with E-state index >= 15 is 0 Å². The summed E-state index contributed by atoms with van der Waals surface area (Å²) in [4.78, 5) is 8.17. The molecule has 1 aliphatic heterocycles. The lowest BCUT2D eigenvalue weighted by atomic mass is 10.2. The topological polar surface area (TPSA) is 119 Å². The van der Waals surface area contributed by atoms with E-state index < -0.39 is 30.7 Å². The van der Waals surface area contributed by atoms with Gasteiger partial charge >= 0.3 is 0 Å². The largest absolute Gasteiger partial charge is 0.472 e. The molecule has 9 nitrogen and oxygen atoms in total. The Bertz CT molecular complexity index is 1370. The molecule has 2 heterocycles. The van der Waals surface area contributed by atoms with E-state index in [2.05, 4.69) is 13.7 Å². The minimum atomic E-state index is -3.86. The average Bonchev–Trinajstić information content (AvgIpc) is 2.84. The number of hydrogen-bond acceptors (Lipinski definition) is 7. The highest BCUT2D eigenvalue weighted by Crippen LogP contribution is 2.21. The fraction of sp³-hybridized carbons (Fsp3) is 0.238. The average molecular weight is 541 g/mol. The first-order valence-electron chi connectivity index (χ1n) is 10.1. The van der Waals surface area contributed by atoms with Crippen molar-refractivity contribution < 1.29 is 21.6 Å². The number of hydrogen-bond donors (Lipinski definition) is 0. The van der Waals surface area contributed by atoms with Crippen molar-refractivity contribution >= 4 is 42.3 Å². The van der Waals surface area contributed by atoms with Gasteiger partial charge in [0, 0.05) is 42.0 Å². The number of halogens is 1. The summed E-state index contributed by atoms with van der Waals surface area (Å²) < 4.78 is 62.1. The van der Waals surface area contributed by atoms with Crippen LogP contribution in [-0.2, 0) is 37.3 Å². The molecule has 1 aliphatic rings. The Kier molecular flexibility index (Phi) is 7.63. The Balaban J connectivity index is 1.38. The van der Waals surface area contributed by atoms with Gasteiger partial charge in [0.2, 0.25) is 15.9 Å². The Morgan fingerprint density at radius 3 is 2.21 bits per heavy atom.